The van der Waals surface area contributed by atoms with Crippen molar-refractivity contribution >= 4 is 39.5 Å². The molecule has 0 fully saturated rings. The number of hydrogen-bond acceptors (Lipinski definition) is 15. The minimum atomic E-state index is -4.96. The second-order valence-corrected chi connectivity index (χ2v) is 34.4. The Labute approximate surface area is 626 Å². The summed E-state index contributed by atoms with van der Waals surface area (Å²) in [4.78, 5) is 73.1. The van der Waals surface area contributed by atoms with Gasteiger partial charge < -0.3 is 33.8 Å². The zero-order valence-corrected chi connectivity index (χ0v) is 69.0. The largest absolute Gasteiger partial charge is 0.472 e. The topological polar surface area (TPSA) is 237 Å². The predicted molar refractivity (Wildman–Crippen MR) is 418 cm³/mol. The fourth-order valence-corrected chi connectivity index (χ4v) is 14.3. The van der Waals surface area contributed by atoms with Crippen LogP contribution in [-0.4, -0.2) is 96.7 Å². The van der Waals surface area contributed by atoms with Crippen LogP contribution in [0.25, 0.3) is 0 Å². The highest BCUT2D eigenvalue weighted by atomic mass is 31.2. The van der Waals surface area contributed by atoms with Crippen LogP contribution in [0.1, 0.15) is 428 Å². The number of carbonyl (C=O) groups is 4. The number of carbonyl (C=O) groups excluding carboxylic acids is 4. The molecule has 6 atom stereocenters. The minimum Gasteiger partial charge on any atom is -0.462 e. The average Bonchev–Trinajstić information content (AvgIpc) is 1.18. The molecule has 102 heavy (non-hydrogen) atoms. The molecular formula is C83H162O17P2. The molecule has 3 N–H and O–H groups in total. The van der Waals surface area contributed by atoms with Crippen molar-refractivity contribution in [2.45, 2.75) is 446 Å². The van der Waals surface area contributed by atoms with Gasteiger partial charge in [-0.15, -0.1) is 0 Å². The van der Waals surface area contributed by atoms with E-state index in [0.29, 0.717) is 31.6 Å². The molecule has 0 saturated heterocycles. The monoisotopic (exact) mass is 1490 g/mol. The van der Waals surface area contributed by atoms with E-state index in [-0.39, 0.29) is 25.7 Å². The number of unbranched alkanes of at least 4 members (excludes halogenated alkanes) is 45. The number of phosphoric ester groups is 2. The SMILES string of the molecule is CCC(C)CCCCCCCCCCCCCCCCC(=O)O[C@H](COC(=O)CCCCCCCCCC(C)C)COP(=O)(O)OCC(O)COP(=O)(O)OC[C@@H](COC(=O)CCCCCCCCCCCCC(C)C)OC(=O)CCCCCCCCCCCCCCCCCCCCC(C)C. The summed E-state index contributed by atoms with van der Waals surface area (Å²) in [6.45, 7) is 14.3. The van der Waals surface area contributed by atoms with Gasteiger partial charge in [-0.05, 0) is 49.4 Å². The maximum atomic E-state index is 13.1. The molecule has 606 valence electrons. The van der Waals surface area contributed by atoms with E-state index >= 15 is 0 Å². The summed E-state index contributed by atoms with van der Waals surface area (Å²) in [6, 6.07) is 0. The summed E-state index contributed by atoms with van der Waals surface area (Å²) in [6.07, 6.45) is 59.8. The normalized spacial score (nSPS) is 14.3. The lowest BCUT2D eigenvalue weighted by Gasteiger charge is -2.21. The van der Waals surface area contributed by atoms with Crippen molar-refractivity contribution in [2.75, 3.05) is 39.6 Å². The molecule has 0 spiro atoms. The average molecular weight is 1490 g/mol. The molecule has 0 aliphatic carbocycles. The maximum absolute atomic E-state index is 13.1. The van der Waals surface area contributed by atoms with Crippen LogP contribution in [0.15, 0.2) is 0 Å². The molecule has 0 bridgehead atoms. The van der Waals surface area contributed by atoms with Crippen LogP contribution in [0.2, 0.25) is 0 Å². The van der Waals surface area contributed by atoms with Gasteiger partial charge in [-0.25, -0.2) is 9.13 Å². The van der Waals surface area contributed by atoms with E-state index < -0.39 is 97.5 Å². The highest BCUT2D eigenvalue weighted by Crippen LogP contribution is 2.45. The van der Waals surface area contributed by atoms with E-state index in [2.05, 4.69) is 55.4 Å². The quantitative estimate of drug-likeness (QED) is 0.0222. The summed E-state index contributed by atoms with van der Waals surface area (Å²) in [5.74, 6) is 1.02. The molecule has 17 nitrogen and oxygen atoms in total. The van der Waals surface area contributed by atoms with Crippen molar-refractivity contribution in [3.05, 3.63) is 0 Å². The van der Waals surface area contributed by atoms with Gasteiger partial charge in [0.25, 0.3) is 0 Å². The van der Waals surface area contributed by atoms with Crippen LogP contribution in [0.5, 0.6) is 0 Å². The van der Waals surface area contributed by atoms with Gasteiger partial charge in [0.1, 0.15) is 19.3 Å². The van der Waals surface area contributed by atoms with E-state index in [0.717, 1.165) is 114 Å². The van der Waals surface area contributed by atoms with Gasteiger partial charge in [0.15, 0.2) is 12.2 Å². The zero-order chi connectivity index (χ0) is 75.3. The lowest BCUT2D eigenvalue weighted by molar-refractivity contribution is -0.161. The lowest BCUT2D eigenvalue weighted by atomic mass is 9.99. The molecule has 0 rings (SSSR count). The number of rotatable bonds is 80. The first kappa shape index (κ1) is 100. The Balaban J connectivity index is 5.21. The van der Waals surface area contributed by atoms with Crippen molar-refractivity contribution in [2.24, 2.45) is 23.7 Å². The molecule has 0 radical (unpaired) electrons. The predicted octanol–water partition coefficient (Wildman–Crippen LogP) is 24.8. The molecule has 0 aromatic carbocycles. The Hall–Kier alpha value is -1.94. The van der Waals surface area contributed by atoms with Crippen LogP contribution in [0, 0.1) is 23.7 Å². The van der Waals surface area contributed by atoms with Crippen LogP contribution in [0.4, 0.5) is 0 Å². The van der Waals surface area contributed by atoms with Gasteiger partial charge >= 0.3 is 39.5 Å². The fourth-order valence-electron chi connectivity index (χ4n) is 12.8. The second kappa shape index (κ2) is 72.0. The number of hydrogen-bond donors (Lipinski definition) is 3. The minimum absolute atomic E-state index is 0.107. The molecule has 0 aromatic heterocycles. The van der Waals surface area contributed by atoms with Crippen LogP contribution >= 0.6 is 15.6 Å². The smallest absolute Gasteiger partial charge is 0.462 e. The highest BCUT2D eigenvalue weighted by Gasteiger charge is 2.30. The Bertz CT molecular complexity index is 1990. The molecule has 4 unspecified atom stereocenters. The fraction of sp³-hybridized carbons (Fsp3) is 0.952. The first-order valence-corrected chi connectivity index (χ1v) is 45.7. The highest BCUT2D eigenvalue weighted by molar-refractivity contribution is 7.47. The number of aliphatic hydroxyl groups excluding tert-OH is 1. The molecule has 0 aliphatic heterocycles. The van der Waals surface area contributed by atoms with Gasteiger partial charge in [0.2, 0.25) is 0 Å². The van der Waals surface area contributed by atoms with Crippen LogP contribution in [0.3, 0.4) is 0 Å². The molecule has 19 heteroatoms. The zero-order valence-electron chi connectivity index (χ0n) is 67.2. The third-order valence-electron chi connectivity index (χ3n) is 19.7. The van der Waals surface area contributed by atoms with Gasteiger partial charge in [-0.2, -0.15) is 0 Å². The van der Waals surface area contributed by atoms with Gasteiger partial charge in [0, 0.05) is 25.7 Å². The van der Waals surface area contributed by atoms with Gasteiger partial charge in [0.05, 0.1) is 26.4 Å². The second-order valence-electron chi connectivity index (χ2n) is 31.5. The Morgan fingerprint density at radius 1 is 0.275 bits per heavy atom. The van der Waals surface area contributed by atoms with Crippen LogP contribution in [-0.2, 0) is 65.4 Å². The van der Waals surface area contributed by atoms with Crippen molar-refractivity contribution in [1.82, 2.24) is 0 Å². The lowest BCUT2D eigenvalue weighted by Crippen LogP contribution is -2.30. The van der Waals surface area contributed by atoms with E-state index in [1.165, 1.54) is 225 Å². The Morgan fingerprint density at radius 3 is 0.696 bits per heavy atom. The van der Waals surface area contributed by atoms with E-state index in [1.54, 1.807) is 0 Å². The third-order valence-corrected chi connectivity index (χ3v) is 21.6. The van der Waals surface area contributed by atoms with Crippen molar-refractivity contribution in [1.29, 1.82) is 0 Å². The first-order chi connectivity index (χ1) is 49.1. The maximum Gasteiger partial charge on any atom is 0.472 e. The third kappa shape index (κ3) is 74.9. The van der Waals surface area contributed by atoms with E-state index in [4.69, 9.17) is 37.0 Å². The summed E-state index contributed by atoms with van der Waals surface area (Å²) in [5, 5.41) is 10.7. The molecule has 0 saturated carbocycles. The van der Waals surface area contributed by atoms with Crippen molar-refractivity contribution < 1.29 is 80.2 Å². The molecular weight excluding hydrogens is 1330 g/mol. The van der Waals surface area contributed by atoms with Crippen LogP contribution < -0.4 is 0 Å². The molecule has 0 amide bonds. The molecule has 0 heterocycles. The van der Waals surface area contributed by atoms with Crippen molar-refractivity contribution in [3.8, 4) is 0 Å². The van der Waals surface area contributed by atoms with Gasteiger partial charge in [-0.1, -0.05) is 376 Å². The number of esters is 4. The molecule has 0 aliphatic rings. The summed E-state index contributed by atoms with van der Waals surface area (Å²) in [7, 11) is -9.92. The standard InChI is InChI=1S/C83H162O17P2/c1-9-76(8)62-54-46-38-30-23-19-16-17-21-25-33-41-50-58-66-83(88)100-79(70-94-81(86)64-56-48-42-34-37-45-53-61-75(6)7)72-98-102(91,92)96-68-77(84)67-95-101(89,90)97-71-78(69-93-80(85)63-55-47-39-31-27-26-29-36-44-52-60-74(4)5)99-82(87)65-57-49-40-32-24-20-15-13-11-10-12-14-18-22-28-35-43-51-59-73(2)3/h73-79,84H,9-72H2,1-8H3,(H,89,90)(H,91,92)/t76?,77?,78-,79-/m1/s1. The number of ether oxygens (including phenoxy) is 4. The molecule has 0 aromatic rings. The summed E-state index contributed by atoms with van der Waals surface area (Å²) in [5.41, 5.74) is 0. The Kier molecular flexibility index (Phi) is 70.6. The van der Waals surface area contributed by atoms with Crippen molar-refractivity contribution in [3.63, 3.8) is 0 Å². The van der Waals surface area contributed by atoms with Gasteiger partial charge in [-0.3, -0.25) is 37.3 Å². The summed E-state index contributed by atoms with van der Waals surface area (Å²) >= 11 is 0. The number of aliphatic hydroxyl groups is 1. The Morgan fingerprint density at radius 2 is 0.471 bits per heavy atom. The summed E-state index contributed by atoms with van der Waals surface area (Å²) < 4.78 is 68.8. The first-order valence-electron chi connectivity index (χ1n) is 42.7. The van der Waals surface area contributed by atoms with E-state index in [1.807, 2.05) is 0 Å². The number of phosphoric acid groups is 2. The van der Waals surface area contributed by atoms with E-state index in [9.17, 15) is 43.2 Å².